The highest BCUT2D eigenvalue weighted by Crippen LogP contribution is 2.21. The van der Waals surface area contributed by atoms with Crippen molar-refractivity contribution in [1.29, 1.82) is 0 Å². The van der Waals surface area contributed by atoms with Crippen LogP contribution in [0.1, 0.15) is 25.5 Å². The van der Waals surface area contributed by atoms with Crippen molar-refractivity contribution in [2.24, 2.45) is 5.92 Å². The van der Waals surface area contributed by atoms with Crippen LogP contribution in [0, 0.1) is 11.7 Å². The van der Waals surface area contributed by atoms with E-state index >= 15 is 0 Å². The zero-order chi connectivity index (χ0) is 23.1. The Morgan fingerprint density at radius 3 is 2.22 bits per heavy atom. The molecule has 1 amide bonds. The highest BCUT2D eigenvalue weighted by molar-refractivity contribution is 5.78. The van der Waals surface area contributed by atoms with E-state index in [1.807, 2.05) is 34.1 Å². The summed E-state index contributed by atoms with van der Waals surface area (Å²) >= 11 is 0. The zero-order valence-corrected chi connectivity index (χ0v) is 19.2. The Balaban J connectivity index is 1.54. The minimum Gasteiger partial charge on any atom is -0.497 e. The molecule has 7 heteroatoms. The second-order valence-corrected chi connectivity index (χ2v) is 8.72. The lowest BCUT2D eigenvalue weighted by Crippen LogP contribution is -2.51. The molecule has 0 spiro atoms. The average molecular weight is 444 g/mol. The summed E-state index contributed by atoms with van der Waals surface area (Å²) in [6.45, 7) is 8.38. The third kappa shape index (κ3) is 6.68. The van der Waals surface area contributed by atoms with E-state index in [1.54, 1.807) is 19.2 Å². The van der Waals surface area contributed by atoms with Crippen molar-refractivity contribution >= 4 is 11.6 Å². The molecule has 0 bridgehead atoms. The minimum atomic E-state index is -0.769. The Bertz CT molecular complexity index is 850. The molecule has 2 aromatic carbocycles. The van der Waals surface area contributed by atoms with Gasteiger partial charge in [-0.3, -0.25) is 9.69 Å². The SMILES string of the molecule is COc1ccc(N2CCN(C(=O)CN(CC(C)C)CC(O)c3ccc(F)cc3)CC2)cc1. The minimum absolute atomic E-state index is 0.0753. The summed E-state index contributed by atoms with van der Waals surface area (Å²) in [6.07, 6.45) is -0.769. The molecule has 0 aromatic heterocycles. The maximum atomic E-state index is 13.2. The molecule has 1 fully saturated rings. The summed E-state index contributed by atoms with van der Waals surface area (Å²) < 4.78 is 18.4. The van der Waals surface area contributed by atoms with Crippen LogP contribution in [-0.2, 0) is 4.79 Å². The molecule has 0 radical (unpaired) electrons. The van der Waals surface area contributed by atoms with Gasteiger partial charge >= 0.3 is 0 Å². The van der Waals surface area contributed by atoms with Crippen LogP contribution in [0.4, 0.5) is 10.1 Å². The van der Waals surface area contributed by atoms with E-state index in [9.17, 15) is 14.3 Å². The summed E-state index contributed by atoms with van der Waals surface area (Å²) in [5, 5.41) is 10.6. The number of halogens is 1. The lowest BCUT2D eigenvalue weighted by atomic mass is 10.1. The molecule has 6 nitrogen and oxygen atoms in total. The van der Waals surface area contributed by atoms with Gasteiger partial charge in [-0.25, -0.2) is 4.39 Å². The van der Waals surface area contributed by atoms with Crippen LogP contribution in [0.5, 0.6) is 5.75 Å². The molecule has 0 aliphatic carbocycles. The van der Waals surface area contributed by atoms with Gasteiger partial charge in [0.1, 0.15) is 11.6 Å². The van der Waals surface area contributed by atoms with Crippen LogP contribution < -0.4 is 9.64 Å². The van der Waals surface area contributed by atoms with E-state index in [1.165, 1.54) is 12.1 Å². The molecule has 1 heterocycles. The first-order valence-electron chi connectivity index (χ1n) is 11.2. The predicted octanol–water partition coefficient (Wildman–Crippen LogP) is 3.17. The topological polar surface area (TPSA) is 56.2 Å². The molecule has 1 aliphatic rings. The van der Waals surface area contributed by atoms with Crippen LogP contribution in [0.2, 0.25) is 0 Å². The number of hydrogen-bond acceptors (Lipinski definition) is 5. The number of methoxy groups -OCH3 is 1. The number of hydrogen-bond donors (Lipinski definition) is 1. The molecule has 1 atom stereocenters. The second kappa shape index (κ2) is 11.3. The number of anilines is 1. The first kappa shape index (κ1) is 24.0. The quantitative estimate of drug-likeness (QED) is 0.645. The third-order valence-corrected chi connectivity index (χ3v) is 5.74. The maximum absolute atomic E-state index is 13.2. The van der Waals surface area contributed by atoms with Crippen molar-refractivity contribution in [3.63, 3.8) is 0 Å². The molecule has 1 unspecified atom stereocenters. The molecule has 1 N–H and O–H groups in total. The summed E-state index contributed by atoms with van der Waals surface area (Å²) in [6, 6.07) is 13.8. The van der Waals surface area contributed by atoms with Gasteiger partial charge in [-0.15, -0.1) is 0 Å². The number of carbonyl (C=O) groups is 1. The van der Waals surface area contributed by atoms with E-state index in [0.29, 0.717) is 37.7 Å². The number of piperazine rings is 1. The molecular weight excluding hydrogens is 409 g/mol. The molecule has 1 aliphatic heterocycles. The monoisotopic (exact) mass is 443 g/mol. The molecule has 1 saturated heterocycles. The fourth-order valence-corrected chi connectivity index (χ4v) is 4.05. The number of ether oxygens (including phenoxy) is 1. The fourth-order valence-electron chi connectivity index (χ4n) is 4.05. The Hall–Kier alpha value is -2.64. The average Bonchev–Trinajstić information content (AvgIpc) is 2.79. The Morgan fingerprint density at radius 1 is 1.03 bits per heavy atom. The molecular formula is C25H34FN3O3. The summed E-state index contributed by atoms with van der Waals surface area (Å²) in [5.41, 5.74) is 1.78. The van der Waals surface area contributed by atoms with Crippen LogP contribution in [0.3, 0.4) is 0 Å². The normalized spacial score (nSPS) is 15.3. The predicted molar refractivity (Wildman–Crippen MR) is 124 cm³/mol. The lowest BCUT2D eigenvalue weighted by molar-refractivity contribution is -0.133. The van der Waals surface area contributed by atoms with Gasteiger partial charge in [0.25, 0.3) is 0 Å². The largest absolute Gasteiger partial charge is 0.497 e. The summed E-state index contributed by atoms with van der Waals surface area (Å²) in [4.78, 5) is 19.2. The standard InChI is InChI=1S/C25H34FN3O3/c1-19(2)16-27(17-24(30)20-4-6-21(26)7-5-20)18-25(31)29-14-12-28(13-15-29)22-8-10-23(32-3)11-9-22/h4-11,19,24,30H,12-18H2,1-3H3. The molecule has 0 saturated carbocycles. The maximum Gasteiger partial charge on any atom is 0.236 e. The molecule has 2 aromatic rings. The Labute approximate surface area is 190 Å². The van der Waals surface area contributed by atoms with Crippen molar-refractivity contribution in [2.45, 2.75) is 20.0 Å². The van der Waals surface area contributed by atoms with Gasteiger partial charge in [-0.1, -0.05) is 26.0 Å². The van der Waals surface area contributed by atoms with Gasteiger partial charge in [0.2, 0.25) is 5.91 Å². The van der Waals surface area contributed by atoms with E-state index in [-0.39, 0.29) is 18.3 Å². The van der Waals surface area contributed by atoms with Crippen molar-refractivity contribution in [2.75, 3.05) is 57.8 Å². The van der Waals surface area contributed by atoms with Gasteiger partial charge < -0.3 is 19.6 Å². The van der Waals surface area contributed by atoms with Gasteiger partial charge in [-0.05, 0) is 47.9 Å². The summed E-state index contributed by atoms with van der Waals surface area (Å²) in [5.74, 6) is 0.932. The van der Waals surface area contributed by atoms with Crippen molar-refractivity contribution < 1.29 is 19.0 Å². The van der Waals surface area contributed by atoms with Gasteiger partial charge in [-0.2, -0.15) is 0 Å². The van der Waals surface area contributed by atoms with Crippen LogP contribution in [-0.4, -0.2) is 73.7 Å². The Kier molecular flexibility index (Phi) is 8.47. The van der Waals surface area contributed by atoms with E-state index in [0.717, 1.165) is 24.5 Å². The first-order valence-corrected chi connectivity index (χ1v) is 11.2. The van der Waals surface area contributed by atoms with Crippen LogP contribution in [0.15, 0.2) is 48.5 Å². The number of carbonyl (C=O) groups excluding carboxylic acids is 1. The van der Waals surface area contributed by atoms with E-state index in [2.05, 4.69) is 18.7 Å². The van der Waals surface area contributed by atoms with Crippen molar-refractivity contribution in [3.05, 3.63) is 59.9 Å². The van der Waals surface area contributed by atoms with Crippen LogP contribution in [0.25, 0.3) is 0 Å². The number of benzene rings is 2. The number of amides is 1. The van der Waals surface area contributed by atoms with Gasteiger partial charge in [0, 0.05) is 45.0 Å². The highest BCUT2D eigenvalue weighted by atomic mass is 19.1. The second-order valence-electron chi connectivity index (χ2n) is 8.72. The Morgan fingerprint density at radius 2 is 1.66 bits per heavy atom. The number of aliphatic hydroxyl groups excluding tert-OH is 1. The third-order valence-electron chi connectivity index (χ3n) is 5.74. The molecule has 3 rings (SSSR count). The van der Waals surface area contributed by atoms with E-state index in [4.69, 9.17) is 4.74 Å². The number of rotatable bonds is 9. The van der Waals surface area contributed by atoms with Crippen LogP contribution >= 0.6 is 0 Å². The van der Waals surface area contributed by atoms with Gasteiger partial charge in [0.15, 0.2) is 0 Å². The van der Waals surface area contributed by atoms with Gasteiger partial charge in [0.05, 0.1) is 19.8 Å². The highest BCUT2D eigenvalue weighted by Gasteiger charge is 2.24. The first-order chi connectivity index (χ1) is 15.4. The number of aliphatic hydroxyl groups is 1. The van der Waals surface area contributed by atoms with Crippen molar-refractivity contribution in [3.8, 4) is 5.75 Å². The zero-order valence-electron chi connectivity index (χ0n) is 19.2. The number of nitrogens with zero attached hydrogens (tertiary/aromatic N) is 3. The fraction of sp³-hybridized carbons (Fsp3) is 0.480. The van der Waals surface area contributed by atoms with E-state index < -0.39 is 6.10 Å². The molecule has 32 heavy (non-hydrogen) atoms. The van der Waals surface area contributed by atoms with Crippen molar-refractivity contribution in [1.82, 2.24) is 9.80 Å². The lowest BCUT2D eigenvalue weighted by Gasteiger charge is -2.37. The summed E-state index contributed by atoms with van der Waals surface area (Å²) in [7, 11) is 1.65. The smallest absolute Gasteiger partial charge is 0.236 e. The molecule has 174 valence electrons.